The molecule has 0 aromatic carbocycles. The first kappa shape index (κ1) is 14.1. The molecule has 1 aromatic heterocycles. The van der Waals surface area contributed by atoms with Crippen LogP contribution in [0.25, 0.3) is 0 Å². The van der Waals surface area contributed by atoms with Gasteiger partial charge in [-0.05, 0) is 13.0 Å². The number of carbonyl (C=O) groups is 1. The summed E-state index contributed by atoms with van der Waals surface area (Å²) in [4.78, 5) is 27.1. The molecular weight excluding hydrogens is 258 g/mol. The molecule has 1 rings (SSSR count). The summed E-state index contributed by atoms with van der Waals surface area (Å²) in [6.45, 7) is 5.76. The topological polar surface area (TPSA) is 76.3 Å². The Balaban J connectivity index is 3.15. The standard InChI is InChI=1S/C11H12ClN3O3/c1-7(2)6-14(3)11(16)8-4-10(12)13-5-9(8)15(17)18/h4-5H,1,6H2,2-3H3. The van der Waals surface area contributed by atoms with Gasteiger partial charge in [0.1, 0.15) is 16.9 Å². The van der Waals surface area contributed by atoms with Crippen LogP contribution >= 0.6 is 11.6 Å². The lowest BCUT2D eigenvalue weighted by molar-refractivity contribution is -0.385. The Hall–Kier alpha value is -1.95. The lowest BCUT2D eigenvalue weighted by Gasteiger charge is -2.16. The summed E-state index contributed by atoms with van der Waals surface area (Å²) in [6, 6.07) is 1.19. The molecule has 96 valence electrons. The maximum Gasteiger partial charge on any atom is 0.300 e. The molecule has 0 N–H and O–H groups in total. The molecule has 0 bridgehead atoms. The zero-order valence-corrected chi connectivity index (χ0v) is 10.8. The van der Waals surface area contributed by atoms with Crippen LogP contribution in [-0.4, -0.2) is 34.3 Å². The maximum absolute atomic E-state index is 12.1. The molecule has 7 heteroatoms. The van der Waals surface area contributed by atoms with E-state index in [-0.39, 0.29) is 16.4 Å². The zero-order valence-electron chi connectivity index (χ0n) is 10.0. The van der Waals surface area contributed by atoms with E-state index < -0.39 is 10.8 Å². The molecule has 1 aromatic rings. The molecule has 6 nitrogen and oxygen atoms in total. The fraction of sp³-hybridized carbons (Fsp3) is 0.273. The molecule has 0 aliphatic carbocycles. The first-order valence-corrected chi connectivity index (χ1v) is 5.40. The molecule has 18 heavy (non-hydrogen) atoms. The average Bonchev–Trinajstić information content (AvgIpc) is 2.26. The minimum atomic E-state index is -0.662. The second-order valence-electron chi connectivity index (χ2n) is 3.90. The molecule has 0 atom stereocenters. The van der Waals surface area contributed by atoms with Crippen molar-refractivity contribution >= 4 is 23.2 Å². The van der Waals surface area contributed by atoms with E-state index >= 15 is 0 Å². The molecule has 0 aliphatic rings. The second-order valence-corrected chi connectivity index (χ2v) is 4.29. The number of pyridine rings is 1. The van der Waals surface area contributed by atoms with Crippen molar-refractivity contribution in [3.63, 3.8) is 0 Å². The number of nitro groups is 1. The van der Waals surface area contributed by atoms with E-state index in [0.29, 0.717) is 6.54 Å². The van der Waals surface area contributed by atoms with Crippen molar-refractivity contribution in [2.45, 2.75) is 6.92 Å². The van der Waals surface area contributed by atoms with E-state index in [1.165, 1.54) is 18.0 Å². The molecular formula is C11H12ClN3O3. The van der Waals surface area contributed by atoms with Gasteiger partial charge in [0, 0.05) is 13.6 Å². The molecule has 0 radical (unpaired) electrons. The molecule has 1 heterocycles. The summed E-state index contributed by atoms with van der Waals surface area (Å²) < 4.78 is 0. The van der Waals surface area contributed by atoms with Gasteiger partial charge in [-0.3, -0.25) is 14.9 Å². The van der Waals surface area contributed by atoms with E-state index in [4.69, 9.17) is 11.6 Å². The number of halogens is 1. The van der Waals surface area contributed by atoms with Crippen LogP contribution in [0.1, 0.15) is 17.3 Å². The summed E-state index contributed by atoms with van der Waals surface area (Å²) in [6.07, 6.45) is 0.976. The van der Waals surface area contributed by atoms with Crippen molar-refractivity contribution in [3.05, 3.63) is 45.2 Å². The van der Waals surface area contributed by atoms with Crippen molar-refractivity contribution in [1.82, 2.24) is 9.88 Å². The van der Waals surface area contributed by atoms with Crippen LogP contribution in [-0.2, 0) is 0 Å². The zero-order chi connectivity index (χ0) is 13.9. The lowest BCUT2D eigenvalue weighted by atomic mass is 10.2. The summed E-state index contributed by atoms with van der Waals surface area (Å²) in [7, 11) is 1.54. The van der Waals surface area contributed by atoms with Gasteiger partial charge in [0.25, 0.3) is 11.6 Å². The van der Waals surface area contributed by atoms with Gasteiger partial charge in [0.05, 0.1) is 4.92 Å². The number of hydrogen-bond donors (Lipinski definition) is 0. The maximum atomic E-state index is 12.1. The highest BCUT2D eigenvalue weighted by Crippen LogP contribution is 2.21. The number of hydrogen-bond acceptors (Lipinski definition) is 4. The predicted octanol–water partition coefficient (Wildman–Crippen LogP) is 2.29. The van der Waals surface area contributed by atoms with Crippen molar-refractivity contribution in [1.29, 1.82) is 0 Å². The first-order valence-electron chi connectivity index (χ1n) is 5.02. The van der Waals surface area contributed by atoms with Crippen LogP contribution in [0.3, 0.4) is 0 Å². The number of carbonyl (C=O) groups excluding carboxylic acids is 1. The average molecular weight is 270 g/mol. The van der Waals surface area contributed by atoms with Gasteiger partial charge in [0.15, 0.2) is 0 Å². The second kappa shape index (κ2) is 5.59. The van der Waals surface area contributed by atoms with Crippen LogP contribution in [0.5, 0.6) is 0 Å². The summed E-state index contributed by atoms with van der Waals surface area (Å²) in [5, 5.41) is 10.9. The highest BCUT2D eigenvalue weighted by atomic mass is 35.5. The largest absolute Gasteiger partial charge is 0.338 e. The van der Waals surface area contributed by atoms with Gasteiger partial charge in [0.2, 0.25) is 0 Å². The molecule has 0 fully saturated rings. The van der Waals surface area contributed by atoms with Crippen LogP contribution in [0.2, 0.25) is 5.15 Å². The Bertz CT molecular complexity index is 516. The fourth-order valence-corrected chi connectivity index (χ4v) is 1.58. The van der Waals surface area contributed by atoms with Crippen LogP contribution in [0.15, 0.2) is 24.4 Å². The van der Waals surface area contributed by atoms with Gasteiger partial charge in [-0.2, -0.15) is 0 Å². The van der Waals surface area contributed by atoms with Crippen LogP contribution < -0.4 is 0 Å². The minimum absolute atomic E-state index is 0.0349. The van der Waals surface area contributed by atoms with Crippen LogP contribution in [0, 0.1) is 10.1 Å². The quantitative estimate of drug-likeness (QED) is 0.364. The summed E-state index contributed by atoms with van der Waals surface area (Å²) in [5.74, 6) is -0.492. The first-order chi connectivity index (χ1) is 8.32. The number of rotatable bonds is 4. The van der Waals surface area contributed by atoms with E-state index in [1.54, 1.807) is 6.92 Å². The minimum Gasteiger partial charge on any atom is -0.338 e. The highest BCUT2D eigenvalue weighted by Gasteiger charge is 2.23. The van der Waals surface area contributed by atoms with E-state index in [0.717, 1.165) is 11.8 Å². The van der Waals surface area contributed by atoms with Crippen molar-refractivity contribution in [3.8, 4) is 0 Å². The number of likely N-dealkylation sites (N-methyl/N-ethyl adjacent to an activating group) is 1. The Morgan fingerprint density at radius 3 is 2.78 bits per heavy atom. The van der Waals surface area contributed by atoms with Gasteiger partial charge in [-0.25, -0.2) is 4.98 Å². The molecule has 0 saturated heterocycles. The van der Waals surface area contributed by atoms with Gasteiger partial charge in [-0.1, -0.05) is 23.8 Å². The summed E-state index contributed by atoms with van der Waals surface area (Å²) in [5.41, 5.74) is 0.329. The van der Waals surface area contributed by atoms with Crippen molar-refractivity contribution in [2.75, 3.05) is 13.6 Å². The number of nitrogens with zero attached hydrogens (tertiary/aromatic N) is 3. The third kappa shape index (κ3) is 3.27. The predicted molar refractivity (Wildman–Crippen MR) is 67.7 cm³/mol. The van der Waals surface area contributed by atoms with Crippen LogP contribution in [0.4, 0.5) is 5.69 Å². The van der Waals surface area contributed by atoms with E-state index in [2.05, 4.69) is 11.6 Å². The Kier molecular flexibility index (Phi) is 4.38. The molecule has 0 aliphatic heterocycles. The molecule has 0 unspecified atom stereocenters. The highest BCUT2D eigenvalue weighted by molar-refractivity contribution is 6.29. The van der Waals surface area contributed by atoms with Crippen molar-refractivity contribution < 1.29 is 9.72 Å². The smallest absolute Gasteiger partial charge is 0.300 e. The molecule has 1 amide bonds. The third-order valence-electron chi connectivity index (χ3n) is 2.13. The van der Waals surface area contributed by atoms with Gasteiger partial charge >= 0.3 is 0 Å². The Morgan fingerprint density at radius 1 is 1.67 bits per heavy atom. The monoisotopic (exact) mass is 269 g/mol. The molecule has 0 spiro atoms. The van der Waals surface area contributed by atoms with Crippen molar-refractivity contribution in [2.24, 2.45) is 0 Å². The molecule has 0 saturated carbocycles. The van der Waals surface area contributed by atoms with E-state index in [9.17, 15) is 14.9 Å². The summed E-state index contributed by atoms with van der Waals surface area (Å²) >= 11 is 5.65. The van der Waals surface area contributed by atoms with E-state index in [1.807, 2.05) is 0 Å². The fourth-order valence-electron chi connectivity index (χ4n) is 1.42. The number of amides is 1. The normalized spacial score (nSPS) is 9.94. The Morgan fingerprint density at radius 2 is 2.28 bits per heavy atom. The van der Waals surface area contributed by atoms with Gasteiger partial charge in [-0.15, -0.1) is 0 Å². The lowest BCUT2D eigenvalue weighted by Crippen LogP contribution is -2.28. The number of aromatic nitrogens is 1. The van der Waals surface area contributed by atoms with Gasteiger partial charge < -0.3 is 4.90 Å². The SMILES string of the molecule is C=C(C)CN(C)C(=O)c1cc(Cl)ncc1[N+](=O)[O-]. The Labute approximate surface area is 109 Å². The third-order valence-corrected chi connectivity index (χ3v) is 2.34.